The molecule has 2 atom stereocenters. The number of ether oxygens (including phenoxy) is 4. The van der Waals surface area contributed by atoms with Crippen molar-refractivity contribution in [2.45, 2.75) is 25.3 Å². The lowest BCUT2D eigenvalue weighted by atomic mass is 10.0. The second-order valence-electron chi connectivity index (χ2n) is 8.53. The van der Waals surface area contributed by atoms with Crippen molar-refractivity contribution in [2.24, 2.45) is 5.16 Å². The third-order valence-electron chi connectivity index (χ3n) is 5.52. The Morgan fingerprint density at radius 3 is 2.30 bits per heavy atom. The molecule has 2 aliphatic heterocycles. The number of carbonyl (C=O) groups is 6. The summed E-state index contributed by atoms with van der Waals surface area (Å²) >= 11 is 2.39. The molecule has 2 amide bonds. The van der Waals surface area contributed by atoms with Gasteiger partial charge in [-0.1, -0.05) is 5.16 Å². The molecule has 0 spiro atoms. The van der Waals surface area contributed by atoms with Crippen LogP contribution in [0.15, 0.2) is 40.5 Å². The number of amides is 2. The van der Waals surface area contributed by atoms with Gasteiger partial charge in [-0.15, -0.1) is 23.1 Å². The summed E-state index contributed by atoms with van der Waals surface area (Å²) in [4.78, 5) is 83.7. The van der Waals surface area contributed by atoms with Crippen molar-refractivity contribution in [2.75, 3.05) is 25.4 Å². The summed E-state index contributed by atoms with van der Waals surface area (Å²) in [5, 5.41) is 7.36. The molecule has 1 fully saturated rings. The molecule has 1 aromatic heterocycles. The molecule has 0 radical (unpaired) electrons. The molecule has 3 N–H and O–H groups in total. The van der Waals surface area contributed by atoms with Crippen LogP contribution >= 0.6 is 23.1 Å². The normalized spacial score (nSPS) is 17.5. The van der Waals surface area contributed by atoms with E-state index in [1.165, 1.54) is 48.5 Å². The van der Waals surface area contributed by atoms with E-state index in [4.69, 9.17) is 29.5 Å². The van der Waals surface area contributed by atoms with Gasteiger partial charge in [-0.3, -0.25) is 24.1 Å². The van der Waals surface area contributed by atoms with Gasteiger partial charge in [-0.25, -0.2) is 14.6 Å². The fourth-order valence-electron chi connectivity index (χ4n) is 3.86. The average molecular weight is 634 g/mol. The number of rotatable bonds is 10. The number of esters is 4. The van der Waals surface area contributed by atoms with Crippen LogP contribution < -0.4 is 20.5 Å². The van der Waals surface area contributed by atoms with Crippen LogP contribution in [0.3, 0.4) is 0 Å². The number of carbonyl (C=O) groups excluding carboxylic acids is 6. The van der Waals surface area contributed by atoms with Gasteiger partial charge < -0.3 is 34.8 Å². The molecule has 1 saturated heterocycles. The average Bonchev–Trinajstić information content (AvgIpc) is 3.38. The van der Waals surface area contributed by atoms with E-state index in [2.05, 4.69) is 15.5 Å². The Kier molecular flexibility index (Phi) is 9.61. The number of nitrogen functional groups attached to an aromatic ring is 1. The van der Waals surface area contributed by atoms with Crippen LogP contribution in [-0.2, 0) is 38.3 Å². The first-order valence-corrected chi connectivity index (χ1v) is 14.1. The Bertz CT molecular complexity index is 1520. The zero-order valence-electron chi connectivity index (χ0n) is 22.7. The van der Waals surface area contributed by atoms with E-state index in [9.17, 15) is 28.8 Å². The minimum atomic E-state index is -0.987. The number of nitrogens with one attached hydrogen (secondary N) is 1. The molecule has 0 saturated carbocycles. The van der Waals surface area contributed by atoms with Crippen LogP contribution in [0, 0.1) is 0 Å². The van der Waals surface area contributed by atoms with Gasteiger partial charge in [0, 0.05) is 31.0 Å². The number of nitrogens with two attached hydrogens (primary N) is 1. The fraction of sp³-hybridized carbons (Fsp3) is 0.280. The maximum absolute atomic E-state index is 12.9. The van der Waals surface area contributed by atoms with E-state index < -0.39 is 53.9 Å². The molecule has 2 aliphatic rings. The Balaban J connectivity index is 1.35. The molecule has 0 aliphatic carbocycles. The van der Waals surface area contributed by atoms with Crippen molar-refractivity contribution in [1.29, 1.82) is 0 Å². The lowest BCUT2D eigenvalue weighted by Gasteiger charge is -2.48. The molecule has 3 heterocycles. The first kappa shape index (κ1) is 31.0. The smallest absolute Gasteiger partial charge is 0.357 e. The SMILES string of the molecule is CO/N=C(\C(=O)N[C@@H]1C(=O)N2C(C(=O)OCOC(=O)c3cc(OC(C)=O)cc(OC(C)=O)c3)=CCS[C@H]12)c1csc(N)n1. The highest BCUT2D eigenvalue weighted by atomic mass is 32.2. The predicted octanol–water partition coefficient (Wildman–Crippen LogP) is 0.568. The summed E-state index contributed by atoms with van der Waals surface area (Å²) in [6.07, 6.45) is 1.46. The van der Waals surface area contributed by atoms with E-state index in [-0.39, 0.29) is 39.3 Å². The third-order valence-corrected chi connectivity index (χ3v) is 7.38. The first-order valence-electron chi connectivity index (χ1n) is 12.1. The van der Waals surface area contributed by atoms with Gasteiger partial charge in [0.15, 0.2) is 10.8 Å². The number of hydrogen-bond donors (Lipinski definition) is 2. The Hall–Kier alpha value is -4.97. The highest BCUT2D eigenvalue weighted by molar-refractivity contribution is 8.00. The lowest BCUT2D eigenvalue weighted by Crippen LogP contribution is -2.70. The van der Waals surface area contributed by atoms with Crippen molar-refractivity contribution in [1.82, 2.24) is 15.2 Å². The Labute approximate surface area is 251 Å². The second kappa shape index (κ2) is 13.3. The van der Waals surface area contributed by atoms with E-state index >= 15 is 0 Å². The predicted molar refractivity (Wildman–Crippen MR) is 149 cm³/mol. The van der Waals surface area contributed by atoms with E-state index in [1.54, 1.807) is 0 Å². The van der Waals surface area contributed by atoms with Crippen molar-refractivity contribution >= 4 is 69.6 Å². The van der Waals surface area contributed by atoms with Crippen molar-refractivity contribution in [3.63, 3.8) is 0 Å². The van der Waals surface area contributed by atoms with Gasteiger partial charge in [-0.2, -0.15) is 0 Å². The van der Waals surface area contributed by atoms with E-state index in [1.807, 2.05) is 0 Å². The monoisotopic (exact) mass is 633 g/mol. The minimum Gasteiger partial charge on any atom is -0.427 e. The molecule has 43 heavy (non-hydrogen) atoms. The minimum absolute atomic E-state index is 0.0830. The third kappa shape index (κ3) is 7.28. The van der Waals surface area contributed by atoms with Crippen LogP contribution in [0.2, 0.25) is 0 Å². The number of benzene rings is 1. The molecule has 0 unspecified atom stereocenters. The van der Waals surface area contributed by atoms with Crippen LogP contribution in [0.1, 0.15) is 29.9 Å². The number of fused-ring (bicyclic) bond motifs is 1. The molecule has 16 nitrogen and oxygen atoms in total. The summed E-state index contributed by atoms with van der Waals surface area (Å²) < 4.78 is 19.9. The van der Waals surface area contributed by atoms with Crippen molar-refractivity contribution in [3.05, 3.63) is 46.6 Å². The van der Waals surface area contributed by atoms with Crippen LogP contribution in [-0.4, -0.2) is 82.4 Å². The number of thiazole rings is 1. The number of thioether (sulfide) groups is 1. The number of aromatic nitrogens is 1. The fourth-order valence-corrected chi connectivity index (χ4v) is 5.61. The summed E-state index contributed by atoms with van der Waals surface area (Å²) in [7, 11) is 1.25. The van der Waals surface area contributed by atoms with Gasteiger partial charge in [0.25, 0.3) is 11.8 Å². The quantitative estimate of drug-likeness (QED) is 0.0914. The largest absolute Gasteiger partial charge is 0.427 e. The maximum atomic E-state index is 12.9. The summed E-state index contributed by atoms with van der Waals surface area (Å²) in [5.74, 6) is -4.46. The molecule has 18 heteroatoms. The number of anilines is 1. The number of oxime groups is 1. The second-order valence-corrected chi connectivity index (χ2v) is 10.6. The van der Waals surface area contributed by atoms with Gasteiger partial charge in [0.05, 0.1) is 5.56 Å². The standard InChI is InChI=1S/C25H23N5O11S2/c1-11(31)40-14-6-13(7-15(8-14)41-12(2)32)23(35)38-10-39-24(36)17-4-5-42-22-19(21(34)30(17)22)28-20(33)18(29-37-3)16-9-43-25(26)27-16/h4,6-9,19,22H,5,10H2,1-3H3,(H2,26,27)(H,28,33)/b29-18-/t19-,22-/m1/s1. The van der Waals surface area contributed by atoms with Crippen LogP contribution in [0.25, 0.3) is 0 Å². The van der Waals surface area contributed by atoms with Gasteiger partial charge in [0.2, 0.25) is 6.79 Å². The highest BCUT2D eigenvalue weighted by Gasteiger charge is 2.53. The van der Waals surface area contributed by atoms with Crippen LogP contribution in [0.5, 0.6) is 11.5 Å². The number of nitrogens with zero attached hydrogens (tertiary/aromatic N) is 3. The van der Waals surface area contributed by atoms with Crippen molar-refractivity contribution in [3.8, 4) is 11.5 Å². The molecule has 2 aromatic rings. The summed E-state index contributed by atoms with van der Waals surface area (Å²) in [5.41, 5.74) is 5.36. The van der Waals surface area contributed by atoms with E-state index in [0.29, 0.717) is 5.75 Å². The molecule has 4 rings (SSSR count). The molecular weight excluding hydrogens is 610 g/mol. The van der Waals surface area contributed by atoms with Gasteiger partial charge in [0.1, 0.15) is 41.4 Å². The maximum Gasteiger partial charge on any atom is 0.357 e. The van der Waals surface area contributed by atoms with E-state index in [0.717, 1.165) is 30.1 Å². The van der Waals surface area contributed by atoms with Gasteiger partial charge >= 0.3 is 23.9 Å². The molecule has 0 bridgehead atoms. The first-order chi connectivity index (χ1) is 20.5. The topological polar surface area (TPSA) is 215 Å². The number of β-lactam (4-membered cyclic amide) rings is 1. The Morgan fingerprint density at radius 2 is 1.72 bits per heavy atom. The molecule has 226 valence electrons. The summed E-state index contributed by atoms with van der Waals surface area (Å²) in [6, 6.07) is 2.58. The number of hydrogen-bond acceptors (Lipinski definition) is 16. The lowest BCUT2D eigenvalue weighted by molar-refractivity contribution is -0.156. The van der Waals surface area contributed by atoms with Crippen molar-refractivity contribution < 1.29 is 52.6 Å². The molecular formula is C25H23N5O11S2. The Morgan fingerprint density at radius 1 is 1.07 bits per heavy atom. The van der Waals surface area contributed by atoms with Crippen LogP contribution in [0.4, 0.5) is 5.13 Å². The zero-order chi connectivity index (χ0) is 31.3. The zero-order valence-corrected chi connectivity index (χ0v) is 24.3. The summed E-state index contributed by atoms with van der Waals surface area (Å²) in [6.45, 7) is 1.46. The molecule has 1 aromatic carbocycles. The highest BCUT2D eigenvalue weighted by Crippen LogP contribution is 2.38. The van der Waals surface area contributed by atoms with Gasteiger partial charge in [-0.05, 0) is 18.2 Å².